The fourth-order valence-corrected chi connectivity index (χ4v) is 4.07. The van der Waals surface area contributed by atoms with Gasteiger partial charge >= 0.3 is 0 Å². The maximum atomic E-state index is 6.53. The zero-order chi connectivity index (χ0) is 18.6. The van der Waals surface area contributed by atoms with E-state index < -0.39 is 11.2 Å². The molecule has 0 aromatic heterocycles. The molecule has 1 unspecified atom stereocenters. The molecule has 0 N–H and O–H groups in total. The summed E-state index contributed by atoms with van der Waals surface area (Å²) in [5.74, 6) is 0.676. The van der Waals surface area contributed by atoms with Crippen LogP contribution in [0.4, 0.5) is 0 Å². The Morgan fingerprint density at radius 2 is 1.42 bits per heavy atom. The van der Waals surface area contributed by atoms with Gasteiger partial charge in [0, 0.05) is 10.0 Å². The molecule has 3 nitrogen and oxygen atoms in total. The first kappa shape index (κ1) is 17.8. The molecule has 0 radical (unpaired) electrons. The van der Waals surface area contributed by atoms with E-state index in [1.807, 2.05) is 48.5 Å². The van der Waals surface area contributed by atoms with Crippen molar-refractivity contribution in [1.82, 2.24) is 0 Å². The number of nitrogens with zero attached hydrogens (tertiary/aromatic N) is 1. The van der Waals surface area contributed by atoms with Crippen molar-refractivity contribution in [2.45, 2.75) is 43.9 Å². The number of ether oxygens (including phenoxy) is 2. The molecule has 0 aliphatic carbocycles. The molecule has 5 heteroatoms. The lowest BCUT2D eigenvalue weighted by molar-refractivity contribution is 0.241. The second-order valence-electron chi connectivity index (χ2n) is 7.50. The first-order valence-electron chi connectivity index (χ1n) is 8.78. The minimum atomic E-state index is -0.657. The third-order valence-corrected chi connectivity index (χ3v) is 5.67. The van der Waals surface area contributed by atoms with Crippen molar-refractivity contribution in [1.29, 1.82) is 0 Å². The van der Waals surface area contributed by atoms with Crippen molar-refractivity contribution in [3.8, 4) is 0 Å². The van der Waals surface area contributed by atoms with Gasteiger partial charge in [-0.3, -0.25) is 0 Å². The number of hydrogen-bond acceptors (Lipinski definition) is 3. The summed E-state index contributed by atoms with van der Waals surface area (Å²) in [6, 6.07) is 15.6. The molecule has 4 rings (SSSR count). The Balaban J connectivity index is 1.88. The van der Waals surface area contributed by atoms with Gasteiger partial charge in [0.05, 0.1) is 5.54 Å². The molecular formula is C21H21Cl2NO2. The van der Waals surface area contributed by atoms with Crippen LogP contribution in [0.2, 0.25) is 10.0 Å². The molecule has 1 saturated heterocycles. The van der Waals surface area contributed by atoms with Crippen LogP contribution < -0.4 is 0 Å². The normalized spacial score (nSPS) is 25.5. The highest BCUT2D eigenvalue weighted by Gasteiger charge is 2.75. The van der Waals surface area contributed by atoms with Gasteiger partial charge in [0.25, 0.3) is 0 Å². The van der Waals surface area contributed by atoms with E-state index in [-0.39, 0.29) is 5.54 Å². The summed E-state index contributed by atoms with van der Waals surface area (Å²) in [7, 11) is 0. The second-order valence-corrected chi connectivity index (χ2v) is 8.37. The fourth-order valence-electron chi connectivity index (χ4n) is 3.81. The molecule has 0 spiro atoms. The summed E-state index contributed by atoms with van der Waals surface area (Å²) in [4.78, 5) is 4.82. The summed E-state index contributed by atoms with van der Waals surface area (Å²) in [5.41, 5.74) is 0.539. The largest absolute Gasteiger partial charge is 0.476 e. The highest BCUT2D eigenvalue weighted by molar-refractivity contribution is 6.30. The van der Waals surface area contributed by atoms with Gasteiger partial charge in [-0.25, -0.2) is 4.99 Å². The van der Waals surface area contributed by atoms with Crippen LogP contribution in [0.3, 0.4) is 0 Å². The van der Waals surface area contributed by atoms with Gasteiger partial charge in [-0.1, -0.05) is 54.4 Å². The summed E-state index contributed by atoms with van der Waals surface area (Å²) in [5, 5.41) is 1.39. The molecule has 2 heterocycles. The molecule has 0 bridgehead atoms. The maximum absolute atomic E-state index is 6.53. The van der Waals surface area contributed by atoms with Gasteiger partial charge in [-0.05, 0) is 55.7 Å². The quantitative estimate of drug-likeness (QED) is 0.635. The Labute approximate surface area is 163 Å². The van der Waals surface area contributed by atoms with E-state index in [9.17, 15) is 0 Å². The third kappa shape index (κ3) is 2.57. The van der Waals surface area contributed by atoms with Crippen LogP contribution in [-0.2, 0) is 15.1 Å². The van der Waals surface area contributed by atoms with Crippen LogP contribution >= 0.6 is 23.2 Å². The van der Waals surface area contributed by atoms with Crippen molar-refractivity contribution in [2.75, 3.05) is 6.61 Å². The molecule has 1 fully saturated rings. The molecule has 1 atom stereocenters. The van der Waals surface area contributed by atoms with Crippen molar-refractivity contribution in [3.05, 3.63) is 69.7 Å². The smallest absolute Gasteiger partial charge is 0.221 e. The van der Waals surface area contributed by atoms with Crippen LogP contribution in [0.5, 0.6) is 0 Å². The SMILES string of the molecule is CCC1(C2=NC(C)(C)CO2)OC1(c1ccc(Cl)cc1)c1ccc(Cl)cc1. The molecule has 26 heavy (non-hydrogen) atoms. The van der Waals surface area contributed by atoms with Crippen molar-refractivity contribution < 1.29 is 9.47 Å². The van der Waals surface area contributed by atoms with E-state index in [0.717, 1.165) is 17.5 Å². The lowest BCUT2D eigenvalue weighted by atomic mass is 9.79. The van der Waals surface area contributed by atoms with Crippen LogP contribution in [0.15, 0.2) is 53.5 Å². The molecule has 2 aliphatic rings. The Hall–Kier alpha value is -1.55. The van der Waals surface area contributed by atoms with E-state index in [4.69, 9.17) is 37.7 Å². The van der Waals surface area contributed by atoms with Crippen LogP contribution in [0.1, 0.15) is 38.3 Å². The summed E-state index contributed by atoms with van der Waals surface area (Å²) < 4.78 is 12.5. The van der Waals surface area contributed by atoms with Gasteiger partial charge in [-0.2, -0.15) is 0 Å². The molecule has 2 aromatic rings. The van der Waals surface area contributed by atoms with E-state index in [1.165, 1.54) is 0 Å². The van der Waals surface area contributed by atoms with Crippen LogP contribution in [0.25, 0.3) is 0 Å². The number of aliphatic imine (C=N–C) groups is 1. The molecule has 0 saturated carbocycles. The molecule has 2 aromatic carbocycles. The topological polar surface area (TPSA) is 34.1 Å². The average Bonchev–Trinajstić information content (AvgIpc) is 3.18. The number of rotatable bonds is 4. The van der Waals surface area contributed by atoms with Gasteiger partial charge < -0.3 is 9.47 Å². The number of epoxide rings is 1. The van der Waals surface area contributed by atoms with E-state index >= 15 is 0 Å². The summed E-state index contributed by atoms with van der Waals surface area (Å²) in [6.07, 6.45) is 0.743. The van der Waals surface area contributed by atoms with E-state index in [2.05, 4.69) is 20.8 Å². The van der Waals surface area contributed by atoms with Gasteiger partial charge in [-0.15, -0.1) is 0 Å². The van der Waals surface area contributed by atoms with Crippen molar-refractivity contribution in [2.24, 2.45) is 4.99 Å². The highest BCUT2D eigenvalue weighted by Crippen LogP contribution is 2.63. The van der Waals surface area contributed by atoms with Gasteiger partial charge in [0.15, 0.2) is 11.2 Å². The summed E-state index contributed by atoms with van der Waals surface area (Å²) in [6.45, 7) is 6.80. The maximum Gasteiger partial charge on any atom is 0.221 e. The molecule has 0 amide bonds. The first-order chi connectivity index (χ1) is 12.3. The van der Waals surface area contributed by atoms with Crippen molar-refractivity contribution >= 4 is 29.1 Å². The lowest BCUT2D eigenvalue weighted by Gasteiger charge is -2.20. The standard InChI is InChI=1S/C21H21Cl2NO2/c1-4-20(18-24-19(2,3)13-25-18)21(26-20,14-5-9-16(22)10-6-14)15-7-11-17(23)12-8-15/h5-12H,4,13H2,1-3H3. The Morgan fingerprint density at radius 3 is 1.81 bits per heavy atom. The van der Waals surface area contributed by atoms with E-state index in [0.29, 0.717) is 22.5 Å². The summed E-state index contributed by atoms with van der Waals surface area (Å²) >= 11 is 12.2. The molecular weight excluding hydrogens is 369 g/mol. The first-order valence-corrected chi connectivity index (χ1v) is 9.54. The Kier molecular flexibility index (Phi) is 4.11. The third-order valence-electron chi connectivity index (χ3n) is 5.17. The lowest BCUT2D eigenvalue weighted by Crippen LogP contribution is -2.33. The van der Waals surface area contributed by atoms with E-state index in [1.54, 1.807) is 0 Å². The van der Waals surface area contributed by atoms with Crippen LogP contribution in [-0.4, -0.2) is 23.6 Å². The number of hydrogen-bond donors (Lipinski definition) is 0. The van der Waals surface area contributed by atoms with Crippen LogP contribution in [0, 0.1) is 0 Å². The number of halogens is 2. The minimum absolute atomic E-state index is 0.241. The highest BCUT2D eigenvalue weighted by atomic mass is 35.5. The zero-order valence-electron chi connectivity index (χ0n) is 15.1. The fraction of sp³-hybridized carbons (Fsp3) is 0.381. The molecule has 136 valence electrons. The Bertz CT molecular complexity index is 813. The zero-order valence-corrected chi connectivity index (χ0v) is 16.6. The van der Waals surface area contributed by atoms with Gasteiger partial charge in [0.1, 0.15) is 6.61 Å². The molecule has 2 aliphatic heterocycles. The van der Waals surface area contributed by atoms with Gasteiger partial charge in [0.2, 0.25) is 5.90 Å². The Morgan fingerprint density at radius 1 is 0.923 bits per heavy atom. The second kappa shape index (κ2) is 5.98. The average molecular weight is 390 g/mol. The minimum Gasteiger partial charge on any atom is -0.476 e. The predicted molar refractivity (Wildman–Crippen MR) is 105 cm³/mol. The monoisotopic (exact) mass is 389 g/mol. The number of benzene rings is 2. The predicted octanol–water partition coefficient (Wildman–Crippen LogP) is 5.62. The van der Waals surface area contributed by atoms with Crippen molar-refractivity contribution in [3.63, 3.8) is 0 Å².